The van der Waals surface area contributed by atoms with Crippen molar-refractivity contribution in [1.82, 2.24) is 9.97 Å². The number of halogens is 1. The van der Waals surface area contributed by atoms with E-state index in [9.17, 15) is 0 Å². The quantitative estimate of drug-likeness (QED) is 0.498. The first kappa shape index (κ1) is 14.2. The molecule has 2 aromatic rings. The summed E-state index contributed by atoms with van der Waals surface area (Å²) in [6.07, 6.45) is 0.786. The van der Waals surface area contributed by atoms with Crippen LogP contribution in [-0.4, -0.2) is 22.3 Å². The molecule has 0 atom stereocenters. The molecule has 0 saturated heterocycles. The summed E-state index contributed by atoms with van der Waals surface area (Å²) in [6.45, 7) is 2.86. The Morgan fingerprint density at radius 3 is 2.74 bits per heavy atom. The molecule has 1 heterocycles. The largest absolute Gasteiger partial charge is 0.369 e. The van der Waals surface area contributed by atoms with Crippen LogP contribution in [0.25, 0.3) is 0 Å². The molecule has 2 rings (SSSR count). The minimum Gasteiger partial charge on any atom is -0.369 e. The third-order valence-electron chi connectivity index (χ3n) is 2.48. The number of nitrogens with zero attached hydrogens (tertiary/aromatic N) is 2. The molecule has 1 N–H and O–H groups in total. The molecule has 0 aliphatic carbocycles. The van der Waals surface area contributed by atoms with E-state index >= 15 is 0 Å². The number of hydrogen-bond donors (Lipinski definition) is 1. The summed E-state index contributed by atoms with van der Waals surface area (Å²) in [6, 6.07) is 12.1. The van der Waals surface area contributed by atoms with Crippen LogP contribution in [0.15, 0.2) is 41.3 Å². The van der Waals surface area contributed by atoms with Gasteiger partial charge in [0.15, 0.2) is 0 Å². The lowest BCUT2D eigenvalue weighted by atomic mass is 10.4. The Labute approximate surface area is 122 Å². The van der Waals surface area contributed by atoms with Gasteiger partial charge in [0, 0.05) is 29.7 Å². The zero-order chi connectivity index (χ0) is 13.5. The molecular formula is C14H16ClN3S. The van der Waals surface area contributed by atoms with Gasteiger partial charge in [-0.2, -0.15) is 0 Å². The number of hydrogen-bond acceptors (Lipinski definition) is 4. The van der Waals surface area contributed by atoms with Crippen molar-refractivity contribution in [3.63, 3.8) is 0 Å². The van der Waals surface area contributed by atoms with Gasteiger partial charge in [0.05, 0.1) is 0 Å². The van der Waals surface area contributed by atoms with Crippen LogP contribution < -0.4 is 5.32 Å². The molecular weight excluding hydrogens is 278 g/mol. The van der Waals surface area contributed by atoms with Crippen LogP contribution in [-0.2, 0) is 6.42 Å². The molecule has 1 aromatic heterocycles. The lowest BCUT2D eigenvalue weighted by molar-refractivity contribution is 0.937. The van der Waals surface area contributed by atoms with Crippen molar-refractivity contribution in [3.05, 3.63) is 47.4 Å². The van der Waals surface area contributed by atoms with Gasteiger partial charge in [-0.25, -0.2) is 9.97 Å². The van der Waals surface area contributed by atoms with Crippen LogP contribution in [0.3, 0.4) is 0 Å². The number of benzene rings is 1. The fraction of sp³-hybridized carbons (Fsp3) is 0.286. The highest BCUT2D eigenvalue weighted by atomic mass is 35.5. The first-order valence-corrected chi connectivity index (χ1v) is 7.59. The highest BCUT2D eigenvalue weighted by molar-refractivity contribution is 7.99. The first-order valence-electron chi connectivity index (χ1n) is 6.23. The van der Waals surface area contributed by atoms with E-state index in [4.69, 9.17) is 11.6 Å². The molecule has 19 heavy (non-hydrogen) atoms. The van der Waals surface area contributed by atoms with Gasteiger partial charge in [-0.15, -0.1) is 11.8 Å². The normalized spacial score (nSPS) is 10.4. The minimum absolute atomic E-state index is 0.491. The van der Waals surface area contributed by atoms with Gasteiger partial charge >= 0.3 is 0 Å². The summed E-state index contributed by atoms with van der Waals surface area (Å²) < 4.78 is 0. The minimum atomic E-state index is 0.491. The predicted octanol–water partition coefficient (Wildman–Crippen LogP) is 3.90. The van der Waals surface area contributed by atoms with Crippen LogP contribution in [0.1, 0.15) is 12.7 Å². The van der Waals surface area contributed by atoms with Crippen LogP contribution in [0, 0.1) is 0 Å². The lowest BCUT2D eigenvalue weighted by Crippen LogP contribution is -2.07. The van der Waals surface area contributed by atoms with Crippen LogP contribution in [0.2, 0.25) is 5.15 Å². The molecule has 0 radical (unpaired) electrons. The summed E-state index contributed by atoms with van der Waals surface area (Å²) in [5.74, 6) is 2.55. The van der Waals surface area contributed by atoms with E-state index in [0.717, 1.165) is 30.4 Å². The number of aromatic nitrogens is 2. The van der Waals surface area contributed by atoms with Gasteiger partial charge < -0.3 is 5.32 Å². The summed E-state index contributed by atoms with van der Waals surface area (Å²) in [5, 5.41) is 3.76. The number of nitrogens with one attached hydrogen (secondary N) is 1. The van der Waals surface area contributed by atoms with Crippen molar-refractivity contribution < 1.29 is 0 Å². The molecule has 0 spiro atoms. The molecule has 0 aliphatic rings. The number of aryl methyl sites for hydroxylation is 1. The summed E-state index contributed by atoms with van der Waals surface area (Å²) >= 11 is 7.76. The topological polar surface area (TPSA) is 37.8 Å². The van der Waals surface area contributed by atoms with Gasteiger partial charge in [-0.05, 0) is 12.1 Å². The molecule has 0 fully saturated rings. The highest BCUT2D eigenvalue weighted by Crippen LogP contribution is 2.17. The van der Waals surface area contributed by atoms with E-state index in [-0.39, 0.29) is 0 Å². The zero-order valence-corrected chi connectivity index (χ0v) is 12.3. The zero-order valence-electron chi connectivity index (χ0n) is 10.8. The SMILES string of the molecule is CCc1nc(Cl)cc(NCCSc2ccccc2)n1. The maximum absolute atomic E-state index is 5.94. The number of rotatable bonds is 6. The van der Waals surface area contributed by atoms with E-state index in [1.807, 2.05) is 36.9 Å². The van der Waals surface area contributed by atoms with E-state index in [1.54, 1.807) is 6.07 Å². The van der Waals surface area contributed by atoms with E-state index in [2.05, 4.69) is 27.4 Å². The second-order valence-corrected chi connectivity index (χ2v) is 5.49. The number of anilines is 1. The Morgan fingerprint density at radius 1 is 1.21 bits per heavy atom. The highest BCUT2D eigenvalue weighted by Gasteiger charge is 2.01. The average Bonchev–Trinajstić information content (AvgIpc) is 2.44. The summed E-state index contributed by atoms with van der Waals surface area (Å²) in [5.41, 5.74) is 0. The molecule has 100 valence electrons. The molecule has 3 nitrogen and oxygen atoms in total. The summed E-state index contributed by atoms with van der Waals surface area (Å²) in [4.78, 5) is 9.80. The smallest absolute Gasteiger partial charge is 0.134 e. The fourth-order valence-corrected chi connectivity index (χ4v) is 2.57. The summed E-state index contributed by atoms with van der Waals surface area (Å²) in [7, 11) is 0. The van der Waals surface area contributed by atoms with E-state index in [0.29, 0.717) is 5.15 Å². The molecule has 0 saturated carbocycles. The Hall–Kier alpha value is -1.26. The Balaban J connectivity index is 1.81. The van der Waals surface area contributed by atoms with Crippen molar-refractivity contribution in [2.75, 3.05) is 17.6 Å². The van der Waals surface area contributed by atoms with Gasteiger partial charge in [-0.1, -0.05) is 36.7 Å². The van der Waals surface area contributed by atoms with Gasteiger partial charge in [0.2, 0.25) is 0 Å². The fourth-order valence-electron chi connectivity index (χ4n) is 1.58. The third-order valence-corrected chi connectivity index (χ3v) is 3.68. The van der Waals surface area contributed by atoms with Gasteiger partial charge in [0.25, 0.3) is 0 Å². The lowest BCUT2D eigenvalue weighted by Gasteiger charge is -2.07. The second kappa shape index (κ2) is 7.36. The van der Waals surface area contributed by atoms with Crippen molar-refractivity contribution in [2.45, 2.75) is 18.2 Å². The molecule has 0 aliphatic heterocycles. The molecule has 0 bridgehead atoms. The first-order chi connectivity index (χ1) is 9.28. The van der Waals surface area contributed by atoms with Crippen molar-refractivity contribution >= 4 is 29.2 Å². The van der Waals surface area contributed by atoms with E-state index in [1.165, 1.54) is 4.90 Å². The molecule has 1 aromatic carbocycles. The van der Waals surface area contributed by atoms with Crippen molar-refractivity contribution in [3.8, 4) is 0 Å². The van der Waals surface area contributed by atoms with Crippen molar-refractivity contribution in [2.24, 2.45) is 0 Å². The second-order valence-electron chi connectivity index (χ2n) is 3.93. The predicted molar refractivity (Wildman–Crippen MR) is 82.1 cm³/mol. The van der Waals surface area contributed by atoms with Gasteiger partial charge in [0.1, 0.15) is 16.8 Å². The average molecular weight is 294 g/mol. The molecule has 5 heteroatoms. The standard InChI is InChI=1S/C14H16ClN3S/c1-2-13-17-12(15)10-14(18-13)16-8-9-19-11-6-4-3-5-7-11/h3-7,10H,2,8-9H2,1H3,(H,16,17,18). The molecule has 0 unspecified atom stereocenters. The molecule has 0 amide bonds. The van der Waals surface area contributed by atoms with Gasteiger partial charge in [-0.3, -0.25) is 0 Å². The van der Waals surface area contributed by atoms with Crippen molar-refractivity contribution in [1.29, 1.82) is 0 Å². The van der Waals surface area contributed by atoms with Crippen LogP contribution in [0.5, 0.6) is 0 Å². The third kappa shape index (κ3) is 4.73. The monoisotopic (exact) mass is 293 g/mol. The maximum atomic E-state index is 5.94. The Kier molecular flexibility index (Phi) is 5.48. The maximum Gasteiger partial charge on any atom is 0.134 e. The Bertz CT molecular complexity index is 519. The van der Waals surface area contributed by atoms with E-state index < -0.39 is 0 Å². The number of thioether (sulfide) groups is 1. The Morgan fingerprint density at radius 2 is 2.00 bits per heavy atom. The van der Waals surface area contributed by atoms with Crippen LogP contribution >= 0.6 is 23.4 Å². The van der Waals surface area contributed by atoms with Crippen LogP contribution in [0.4, 0.5) is 5.82 Å².